The molecule has 3 amide bonds. The van der Waals surface area contributed by atoms with Gasteiger partial charge in [0, 0.05) is 11.0 Å². The van der Waals surface area contributed by atoms with Crippen molar-refractivity contribution in [2.24, 2.45) is 0 Å². The van der Waals surface area contributed by atoms with Crippen LogP contribution in [-0.4, -0.2) is 47.0 Å². The number of anilines is 1. The monoisotopic (exact) mass is 359 g/mol. The topological polar surface area (TPSA) is 98.7 Å². The summed E-state index contributed by atoms with van der Waals surface area (Å²) in [5.41, 5.74) is -0.107. The SMILES string of the molecule is O=C1CN(C(=O)Nc2cc(Br)ccc2F)C(C(=O)O)CN1. The summed E-state index contributed by atoms with van der Waals surface area (Å²) >= 11 is 3.14. The van der Waals surface area contributed by atoms with E-state index in [2.05, 4.69) is 26.6 Å². The number of hydrogen-bond donors (Lipinski definition) is 3. The molecule has 0 aliphatic carbocycles. The van der Waals surface area contributed by atoms with Gasteiger partial charge in [0.1, 0.15) is 18.4 Å². The van der Waals surface area contributed by atoms with Crippen molar-refractivity contribution in [3.63, 3.8) is 0 Å². The van der Waals surface area contributed by atoms with Gasteiger partial charge < -0.3 is 15.7 Å². The summed E-state index contributed by atoms with van der Waals surface area (Å²) in [5, 5.41) is 13.7. The van der Waals surface area contributed by atoms with E-state index >= 15 is 0 Å². The van der Waals surface area contributed by atoms with Gasteiger partial charge in [0.15, 0.2) is 0 Å². The van der Waals surface area contributed by atoms with Crippen molar-refractivity contribution >= 4 is 39.5 Å². The van der Waals surface area contributed by atoms with E-state index in [1.54, 1.807) is 0 Å². The maximum absolute atomic E-state index is 13.6. The number of carboxylic acid groups (broad SMARTS) is 1. The van der Waals surface area contributed by atoms with Crippen LogP contribution in [0.2, 0.25) is 0 Å². The normalized spacial score (nSPS) is 18.1. The minimum absolute atomic E-state index is 0.107. The third-order valence-corrected chi connectivity index (χ3v) is 3.39. The molecule has 9 heteroatoms. The molecule has 112 valence electrons. The number of piperazine rings is 1. The maximum Gasteiger partial charge on any atom is 0.328 e. The summed E-state index contributed by atoms with van der Waals surface area (Å²) in [5.74, 6) is -2.39. The Morgan fingerprint density at radius 2 is 2.19 bits per heavy atom. The second-order valence-electron chi connectivity index (χ2n) is 4.34. The first kappa shape index (κ1) is 15.2. The molecule has 0 aromatic heterocycles. The molecule has 1 aliphatic rings. The van der Waals surface area contributed by atoms with Gasteiger partial charge in [-0.25, -0.2) is 14.0 Å². The number of nitrogens with zero attached hydrogens (tertiary/aromatic N) is 1. The second-order valence-corrected chi connectivity index (χ2v) is 5.26. The molecule has 1 aromatic rings. The summed E-state index contributed by atoms with van der Waals surface area (Å²) in [6.07, 6.45) is 0. The van der Waals surface area contributed by atoms with Crippen molar-refractivity contribution in [2.45, 2.75) is 6.04 Å². The number of hydrogen-bond acceptors (Lipinski definition) is 3. The highest BCUT2D eigenvalue weighted by Gasteiger charge is 2.35. The second kappa shape index (κ2) is 6.08. The summed E-state index contributed by atoms with van der Waals surface area (Å²) in [7, 11) is 0. The Morgan fingerprint density at radius 3 is 2.86 bits per heavy atom. The zero-order valence-corrected chi connectivity index (χ0v) is 12.2. The lowest BCUT2D eigenvalue weighted by Gasteiger charge is -2.32. The first-order chi connectivity index (χ1) is 9.88. The van der Waals surface area contributed by atoms with Gasteiger partial charge in [0.2, 0.25) is 5.91 Å². The number of carbonyl (C=O) groups is 3. The van der Waals surface area contributed by atoms with E-state index in [9.17, 15) is 18.8 Å². The quantitative estimate of drug-likeness (QED) is 0.733. The van der Waals surface area contributed by atoms with E-state index in [1.165, 1.54) is 12.1 Å². The summed E-state index contributed by atoms with van der Waals surface area (Å²) in [6.45, 7) is -0.596. The highest BCUT2D eigenvalue weighted by Crippen LogP contribution is 2.21. The Hall–Kier alpha value is -2.16. The van der Waals surface area contributed by atoms with Crippen LogP contribution in [-0.2, 0) is 9.59 Å². The van der Waals surface area contributed by atoms with Crippen LogP contribution in [0.1, 0.15) is 0 Å². The van der Waals surface area contributed by atoms with Gasteiger partial charge >= 0.3 is 12.0 Å². The van der Waals surface area contributed by atoms with Crippen LogP contribution in [0.4, 0.5) is 14.9 Å². The number of benzene rings is 1. The largest absolute Gasteiger partial charge is 0.480 e. The number of carboxylic acids is 1. The Balaban J connectivity index is 2.19. The molecular formula is C12H11BrFN3O4. The zero-order valence-electron chi connectivity index (χ0n) is 10.6. The zero-order chi connectivity index (χ0) is 15.6. The molecule has 2 rings (SSSR count). The molecule has 3 N–H and O–H groups in total. The van der Waals surface area contributed by atoms with Gasteiger partial charge in [-0.1, -0.05) is 15.9 Å². The van der Waals surface area contributed by atoms with Crippen molar-refractivity contribution in [3.8, 4) is 0 Å². The van der Waals surface area contributed by atoms with Crippen molar-refractivity contribution in [3.05, 3.63) is 28.5 Å². The molecule has 1 unspecified atom stereocenters. The van der Waals surface area contributed by atoms with Crippen molar-refractivity contribution in [1.82, 2.24) is 10.2 Å². The third-order valence-electron chi connectivity index (χ3n) is 2.90. The number of urea groups is 1. The van der Waals surface area contributed by atoms with Crippen LogP contribution in [0.15, 0.2) is 22.7 Å². The van der Waals surface area contributed by atoms with E-state index in [-0.39, 0.29) is 12.2 Å². The van der Waals surface area contributed by atoms with E-state index in [0.29, 0.717) is 4.47 Å². The fourth-order valence-electron chi connectivity index (χ4n) is 1.86. The molecule has 0 bridgehead atoms. The minimum Gasteiger partial charge on any atom is -0.480 e. The Kier molecular flexibility index (Phi) is 4.41. The summed E-state index contributed by atoms with van der Waals surface area (Å²) in [4.78, 5) is 35.3. The van der Waals surface area contributed by atoms with Crippen molar-refractivity contribution < 1.29 is 23.9 Å². The molecule has 1 saturated heterocycles. The Labute approximate surface area is 127 Å². The minimum atomic E-state index is -1.25. The van der Waals surface area contributed by atoms with Gasteiger partial charge in [0.25, 0.3) is 0 Å². The van der Waals surface area contributed by atoms with E-state index in [1.807, 2.05) is 0 Å². The molecule has 0 saturated carbocycles. The number of carbonyl (C=O) groups excluding carboxylic acids is 2. The molecule has 1 atom stereocenters. The number of aliphatic carboxylic acids is 1. The maximum atomic E-state index is 13.6. The number of rotatable bonds is 2. The highest BCUT2D eigenvalue weighted by atomic mass is 79.9. The fourth-order valence-corrected chi connectivity index (χ4v) is 2.22. The Bertz CT molecular complexity index is 610. The van der Waals surface area contributed by atoms with Gasteiger partial charge in [0.05, 0.1) is 5.69 Å². The molecule has 1 heterocycles. The standard InChI is InChI=1S/C12H11BrFN3O4/c13-6-1-2-7(14)8(3-6)16-12(21)17-5-10(18)15-4-9(17)11(19)20/h1-3,9H,4-5H2,(H,15,18)(H,16,21)(H,19,20). The molecular weight excluding hydrogens is 349 g/mol. The third kappa shape index (κ3) is 3.48. The van der Waals surface area contributed by atoms with Gasteiger partial charge in [-0.05, 0) is 18.2 Å². The lowest BCUT2D eigenvalue weighted by atomic mass is 10.2. The van der Waals surface area contributed by atoms with Gasteiger partial charge in [-0.2, -0.15) is 0 Å². The van der Waals surface area contributed by atoms with E-state index in [0.717, 1.165) is 11.0 Å². The van der Waals surface area contributed by atoms with Crippen molar-refractivity contribution in [1.29, 1.82) is 0 Å². The fraction of sp³-hybridized carbons (Fsp3) is 0.250. The van der Waals surface area contributed by atoms with E-state index < -0.39 is 36.3 Å². The molecule has 1 aliphatic heterocycles. The first-order valence-electron chi connectivity index (χ1n) is 5.90. The lowest BCUT2D eigenvalue weighted by Crippen LogP contribution is -2.60. The van der Waals surface area contributed by atoms with E-state index in [4.69, 9.17) is 5.11 Å². The smallest absolute Gasteiger partial charge is 0.328 e. The van der Waals surface area contributed by atoms with Crippen LogP contribution in [0.5, 0.6) is 0 Å². The van der Waals surface area contributed by atoms with Crippen LogP contribution >= 0.6 is 15.9 Å². The molecule has 1 fully saturated rings. The Morgan fingerprint density at radius 1 is 1.48 bits per heavy atom. The van der Waals surface area contributed by atoms with Gasteiger partial charge in [-0.3, -0.25) is 9.69 Å². The molecule has 7 nitrogen and oxygen atoms in total. The molecule has 0 spiro atoms. The molecule has 1 aromatic carbocycles. The lowest BCUT2D eigenvalue weighted by molar-refractivity contribution is -0.144. The summed E-state index contributed by atoms with van der Waals surface area (Å²) in [6, 6.07) is 1.90. The van der Waals surface area contributed by atoms with Crippen LogP contribution in [0.25, 0.3) is 0 Å². The summed E-state index contributed by atoms with van der Waals surface area (Å²) < 4.78 is 14.1. The number of halogens is 2. The number of nitrogens with one attached hydrogen (secondary N) is 2. The highest BCUT2D eigenvalue weighted by molar-refractivity contribution is 9.10. The predicted molar refractivity (Wildman–Crippen MR) is 74.3 cm³/mol. The van der Waals surface area contributed by atoms with Crippen LogP contribution < -0.4 is 10.6 Å². The molecule has 21 heavy (non-hydrogen) atoms. The average Bonchev–Trinajstić information content (AvgIpc) is 2.42. The predicted octanol–water partition coefficient (Wildman–Crippen LogP) is 1.01. The van der Waals surface area contributed by atoms with Crippen LogP contribution in [0.3, 0.4) is 0 Å². The van der Waals surface area contributed by atoms with Crippen LogP contribution in [0, 0.1) is 5.82 Å². The average molecular weight is 360 g/mol. The number of amides is 3. The molecule has 0 radical (unpaired) electrons. The van der Waals surface area contributed by atoms with Gasteiger partial charge in [-0.15, -0.1) is 0 Å². The van der Waals surface area contributed by atoms with Crippen molar-refractivity contribution in [2.75, 3.05) is 18.4 Å². The first-order valence-corrected chi connectivity index (χ1v) is 6.70.